The molecule has 1 aromatic carbocycles. The summed E-state index contributed by atoms with van der Waals surface area (Å²) in [5.41, 5.74) is 0.217. The molecule has 3 rings (SSSR count). The third kappa shape index (κ3) is 1.48. The first-order valence-corrected chi connectivity index (χ1v) is 6.28. The van der Waals surface area contributed by atoms with Gasteiger partial charge in [0, 0.05) is 29.6 Å². The second-order valence-corrected chi connectivity index (χ2v) is 5.35. The molecule has 16 heavy (non-hydrogen) atoms. The van der Waals surface area contributed by atoms with Crippen LogP contribution in [0.3, 0.4) is 0 Å². The van der Waals surface area contributed by atoms with Gasteiger partial charge in [-0.15, -0.1) is 0 Å². The summed E-state index contributed by atoms with van der Waals surface area (Å²) in [7, 11) is 0. The Balaban J connectivity index is 2.01. The van der Waals surface area contributed by atoms with Crippen molar-refractivity contribution in [2.45, 2.75) is 18.4 Å². The number of piperidine rings is 1. The summed E-state index contributed by atoms with van der Waals surface area (Å²) in [5, 5.41) is 11.6. The van der Waals surface area contributed by atoms with Crippen LogP contribution >= 0.6 is 11.6 Å². The summed E-state index contributed by atoms with van der Waals surface area (Å²) in [6.45, 7) is 3.12. The molecule has 1 N–H and O–H groups in total. The van der Waals surface area contributed by atoms with E-state index in [0.29, 0.717) is 10.9 Å². The highest BCUT2D eigenvalue weighted by atomic mass is 35.5. The van der Waals surface area contributed by atoms with Crippen LogP contribution < -0.4 is 0 Å². The first-order chi connectivity index (χ1) is 7.70. The van der Waals surface area contributed by atoms with Crippen LogP contribution in [0.5, 0.6) is 0 Å². The van der Waals surface area contributed by atoms with Crippen LogP contribution in [0.1, 0.15) is 18.4 Å². The van der Waals surface area contributed by atoms with Crippen LogP contribution in [-0.4, -0.2) is 29.6 Å². The third-order valence-corrected chi connectivity index (χ3v) is 4.43. The smallest absolute Gasteiger partial charge is 0.0963 e. The Kier molecular flexibility index (Phi) is 2.46. The second kappa shape index (κ2) is 3.73. The SMILES string of the molecule is OC1(c2ccccc2Cl)CCN2CCC1C2. The van der Waals surface area contributed by atoms with Gasteiger partial charge in [0.2, 0.25) is 0 Å². The molecular weight excluding hydrogens is 222 g/mol. The molecule has 0 amide bonds. The molecule has 2 heterocycles. The maximum absolute atomic E-state index is 10.9. The summed E-state index contributed by atoms with van der Waals surface area (Å²) in [6.07, 6.45) is 1.89. The van der Waals surface area contributed by atoms with Gasteiger partial charge in [-0.25, -0.2) is 0 Å². The number of benzene rings is 1. The first-order valence-electron chi connectivity index (χ1n) is 5.90. The van der Waals surface area contributed by atoms with E-state index in [2.05, 4.69) is 4.90 Å². The molecule has 0 aliphatic carbocycles. The van der Waals surface area contributed by atoms with E-state index in [0.717, 1.165) is 38.0 Å². The minimum Gasteiger partial charge on any atom is -0.385 e. The lowest BCUT2D eigenvalue weighted by atomic mass is 9.77. The Labute approximate surface area is 101 Å². The molecule has 3 atom stereocenters. The first kappa shape index (κ1) is 10.6. The molecule has 2 bridgehead atoms. The van der Waals surface area contributed by atoms with E-state index in [1.807, 2.05) is 24.3 Å². The fourth-order valence-electron chi connectivity index (χ4n) is 3.13. The van der Waals surface area contributed by atoms with Gasteiger partial charge in [-0.1, -0.05) is 29.8 Å². The lowest BCUT2D eigenvalue weighted by Crippen LogP contribution is -2.44. The molecule has 3 heteroatoms. The van der Waals surface area contributed by atoms with Gasteiger partial charge in [-0.3, -0.25) is 0 Å². The van der Waals surface area contributed by atoms with Crippen molar-refractivity contribution >= 4 is 11.6 Å². The lowest BCUT2D eigenvalue weighted by Gasteiger charge is -2.39. The number of nitrogens with zero attached hydrogens (tertiary/aromatic N) is 1. The molecule has 2 aliphatic rings. The van der Waals surface area contributed by atoms with Gasteiger partial charge in [0.15, 0.2) is 0 Å². The van der Waals surface area contributed by atoms with Crippen molar-refractivity contribution in [2.75, 3.05) is 19.6 Å². The fraction of sp³-hybridized carbons (Fsp3) is 0.538. The van der Waals surface area contributed by atoms with Gasteiger partial charge in [0.1, 0.15) is 0 Å². The van der Waals surface area contributed by atoms with Gasteiger partial charge in [0.25, 0.3) is 0 Å². The van der Waals surface area contributed by atoms with E-state index in [9.17, 15) is 5.11 Å². The van der Waals surface area contributed by atoms with Gasteiger partial charge in [-0.2, -0.15) is 0 Å². The predicted molar refractivity (Wildman–Crippen MR) is 64.5 cm³/mol. The molecule has 2 saturated heterocycles. The van der Waals surface area contributed by atoms with Crippen molar-refractivity contribution in [2.24, 2.45) is 5.92 Å². The highest BCUT2D eigenvalue weighted by molar-refractivity contribution is 6.31. The van der Waals surface area contributed by atoms with Gasteiger partial charge in [-0.05, 0) is 25.5 Å². The van der Waals surface area contributed by atoms with Crippen LogP contribution in [-0.2, 0) is 5.60 Å². The lowest BCUT2D eigenvalue weighted by molar-refractivity contribution is -0.0501. The fourth-order valence-corrected chi connectivity index (χ4v) is 3.42. The van der Waals surface area contributed by atoms with E-state index in [1.165, 1.54) is 0 Å². The Morgan fingerprint density at radius 1 is 1.31 bits per heavy atom. The molecule has 2 aliphatic heterocycles. The zero-order valence-electron chi connectivity index (χ0n) is 9.19. The summed E-state index contributed by atoms with van der Waals surface area (Å²) in [5.74, 6) is 0.348. The standard InChI is InChI=1S/C13H16ClNO/c14-12-4-2-1-3-11(12)13(16)6-8-15-7-5-10(13)9-15/h1-4,10,16H,5-9H2. The minimum absolute atomic E-state index is 0.348. The van der Waals surface area contributed by atoms with Crippen LogP contribution in [0.4, 0.5) is 0 Å². The maximum atomic E-state index is 10.9. The predicted octanol–water partition coefficient (Wildman–Crippen LogP) is 2.25. The Morgan fingerprint density at radius 2 is 2.12 bits per heavy atom. The Hall–Kier alpha value is -0.570. The van der Waals surface area contributed by atoms with Crippen molar-refractivity contribution in [1.82, 2.24) is 4.90 Å². The van der Waals surface area contributed by atoms with Crippen molar-refractivity contribution in [3.05, 3.63) is 34.9 Å². The summed E-state index contributed by atoms with van der Waals surface area (Å²) < 4.78 is 0. The Morgan fingerprint density at radius 3 is 2.94 bits per heavy atom. The van der Waals surface area contributed by atoms with E-state index in [-0.39, 0.29) is 0 Å². The largest absolute Gasteiger partial charge is 0.385 e. The molecule has 0 radical (unpaired) electrons. The molecule has 2 fully saturated rings. The van der Waals surface area contributed by atoms with Crippen molar-refractivity contribution in [3.63, 3.8) is 0 Å². The number of hydrogen-bond donors (Lipinski definition) is 1. The highest BCUT2D eigenvalue weighted by Gasteiger charge is 2.46. The zero-order chi connectivity index (χ0) is 11.2. The number of fused-ring (bicyclic) bond motifs is 2. The van der Waals surface area contributed by atoms with Crippen molar-refractivity contribution < 1.29 is 5.11 Å². The molecule has 0 saturated carbocycles. The highest BCUT2D eigenvalue weighted by Crippen LogP contribution is 2.44. The third-order valence-electron chi connectivity index (χ3n) is 4.10. The number of halogens is 1. The number of aliphatic hydroxyl groups is 1. The average molecular weight is 238 g/mol. The van der Waals surface area contributed by atoms with Gasteiger partial charge in [0.05, 0.1) is 5.60 Å². The maximum Gasteiger partial charge on any atom is 0.0963 e. The van der Waals surface area contributed by atoms with Gasteiger partial charge >= 0.3 is 0 Å². The normalized spacial score (nSPS) is 37.6. The molecule has 0 spiro atoms. The molecule has 1 aromatic rings. The van der Waals surface area contributed by atoms with Crippen LogP contribution in [0.25, 0.3) is 0 Å². The van der Waals surface area contributed by atoms with Crippen molar-refractivity contribution in [1.29, 1.82) is 0 Å². The van der Waals surface area contributed by atoms with Crippen LogP contribution in [0.15, 0.2) is 24.3 Å². The monoisotopic (exact) mass is 237 g/mol. The Bertz CT molecular complexity index is 409. The van der Waals surface area contributed by atoms with Crippen LogP contribution in [0, 0.1) is 5.92 Å². The molecule has 0 aromatic heterocycles. The average Bonchev–Trinajstić information content (AvgIpc) is 2.70. The van der Waals surface area contributed by atoms with Crippen molar-refractivity contribution in [3.8, 4) is 0 Å². The molecular formula is C13H16ClNO. The topological polar surface area (TPSA) is 23.5 Å². The summed E-state index contributed by atoms with van der Waals surface area (Å²) >= 11 is 6.21. The van der Waals surface area contributed by atoms with E-state index < -0.39 is 5.60 Å². The van der Waals surface area contributed by atoms with E-state index >= 15 is 0 Å². The number of rotatable bonds is 1. The van der Waals surface area contributed by atoms with Crippen LogP contribution in [0.2, 0.25) is 5.02 Å². The number of hydrogen-bond acceptors (Lipinski definition) is 2. The van der Waals surface area contributed by atoms with E-state index in [4.69, 9.17) is 11.6 Å². The zero-order valence-corrected chi connectivity index (χ0v) is 9.95. The quantitative estimate of drug-likeness (QED) is 0.810. The van der Waals surface area contributed by atoms with Gasteiger partial charge < -0.3 is 10.0 Å². The molecule has 86 valence electrons. The summed E-state index contributed by atoms with van der Waals surface area (Å²) in [6, 6.07) is 7.71. The minimum atomic E-state index is -0.703. The van der Waals surface area contributed by atoms with E-state index in [1.54, 1.807) is 0 Å². The summed E-state index contributed by atoms with van der Waals surface area (Å²) in [4.78, 5) is 2.43. The molecule has 2 nitrogen and oxygen atoms in total. The second-order valence-electron chi connectivity index (χ2n) is 4.94. The molecule has 3 unspecified atom stereocenters.